The van der Waals surface area contributed by atoms with Gasteiger partial charge in [0.1, 0.15) is 0 Å². The minimum Gasteiger partial charge on any atom is -0.412 e. The lowest BCUT2D eigenvalue weighted by molar-refractivity contribution is 0.00266. The topological polar surface area (TPSA) is 31.5 Å². The van der Waals surface area contributed by atoms with Crippen LogP contribution in [0.15, 0.2) is 0 Å². The SMILES string of the molecule is CC1CCC2C(CCC3CC(C)CCC32)C1.O. The van der Waals surface area contributed by atoms with Gasteiger partial charge in [-0.3, -0.25) is 0 Å². The summed E-state index contributed by atoms with van der Waals surface area (Å²) in [7, 11) is 0. The molecule has 3 rings (SSSR count). The Morgan fingerprint density at radius 1 is 0.588 bits per heavy atom. The summed E-state index contributed by atoms with van der Waals surface area (Å²) >= 11 is 0. The molecule has 0 heterocycles. The second-order valence-corrected chi connectivity index (χ2v) is 7.26. The molecule has 17 heavy (non-hydrogen) atoms. The zero-order chi connectivity index (χ0) is 11.1. The smallest absolute Gasteiger partial charge is 0.0355 e. The van der Waals surface area contributed by atoms with Gasteiger partial charge >= 0.3 is 0 Å². The van der Waals surface area contributed by atoms with E-state index in [2.05, 4.69) is 13.8 Å². The summed E-state index contributed by atoms with van der Waals surface area (Å²) in [5, 5.41) is 0. The highest BCUT2D eigenvalue weighted by Crippen LogP contribution is 2.53. The molecule has 0 aromatic heterocycles. The Bertz CT molecular complexity index is 224. The molecule has 6 atom stereocenters. The van der Waals surface area contributed by atoms with Crippen LogP contribution in [0, 0.1) is 35.5 Å². The fourth-order valence-electron chi connectivity index (χ4n) is 5.26. The Morgan fingerprint density at radius 2 is 1.00 bits per heavy atom. The number of hydrogen-bond donors (Lipinski definition) is 0. The fourth-order valence-corrected chi connectivity index (χ4v) is 5.26. The molecule has 3 aliphatic rings. The minimum atomic E-state index is 0. The third kappa shape index (κ3) is 2.54. The Kier molecular flexibility index (Phi) is 4.18. The first-order valence-electron chi connectivity index (χ1n) is 7.74. The van der Waals surface area contributed by atoms with Crippen molar-refractivity contribution in [2.45, 2.75) is 65.2 Å². The van der Waals surface area contributed by atoms with Gasteiger partial charge in [0.2, 0.25) is 0 Å². The van der Waals surface area contributed by atoms with Gasteiger partial charge in [-0.2, -0.15) is 0 Å². The molecule has 3 saturated carbocycles. The molecule has 2 N–H and O–H groups in total. The summed E-state index contributed by atoms with van der Waals surface area (Å²) in [6.07, 6.45) is 12.5. The van der Waals surface area contributed by atoms with E-state index >= 15 is 0 Å². The normalized spacial score (nSPS) is 49.8. The van der Waals surface area contributed by atoms with Crippen LogP contribution in [0.25, 0.3) is 0 Å². The van der Waals surface area contributed by atoms with Crippen LogP contribution in [0.2, 0.25) is 0 Å². The Hall–Kier alpha value is -0.0400. The van der Waals surface area contributed by atoms with Gasteiger partial charge in [0.15, 0.2) is 0 Å². The van der Waals surface area contributed by atoms with E-state index in [0.717, 1.165) is 35.5 Å². The van der Waals surface area contributed by atoms with Crippen molar-refractivity contribution in [2.75, 3.05) is 0 Å². The summed E-state index contributed by atoms with van der Waals surface area (Å²) in [5.74, 6) is 6.59. The van der Waals surface area contributed by atoms with E-state index in [9.17, 15) is 0 Å². The molecular weight excluding hydrogens is 208 g/mol. The monoisotopic (exact) mass is 238 g/mol. The number of fused-ring (bicyclic) bond motifs is 3. The second kappa shape index (κ2) is 5.30. The van der Waals surface area contributed by atoms with Crippen molar-refractivity contribution in [1.29, 1.82) is 0 Å². The quantitative estimate of drug-likeness (QED) is 0.609. The Balaban J connectivity index is 0.00000108. The molecule has 0 saturated heterocycles. The van der Waals surface area contributed by atoms with Crippen LogP contribution in [0.1, 0.15) is 65.2 Å². The Morgan fingerprint density at radius 3 is 1.41 bits per heavy atom. The summed E-state index contributed by atoms with van der Waals surface area (Å²) < 4.78 is 0. The molecule has 3 aliphatic carbocycles. The molecule has 0 aliphatic heterocycles. The average molecular weight is 238 g/mol. The molecule has 0 spiro atoms. The zero-order valence-corrected chi connectivity index (χ0v) is 11.6. The van der Waals surface area contributed by atoms with Crippen LogP contribution >= 0.6 is 0 Å². The van der Waals surface area contributed by atoms with Crippen LogP contribution in [0.4, 0.5) is 0 Å². The van der Waals surface area contributed by atoms with Gasteiger partial charge in [0, 0.05) is 0 Å². The maximum Gasteiger partial charge on any atom is -0.0355 e. The number of rotatable bonds is 0. The summed E-state index contributed by atoms with van der Waals surface area (Å²) in [4.78, 5) is 0. The van der Waals surface area contributed by atoms with E-state index in [0.29, 0.717) is 0 Å². The minimum absolute atomic E-state index is 0. The predicted molar refractivity (Wildman–Crippen MR) is 72.8 cm³/mol. The number of hydrogen-bond acceptors (Lipinski definition) is 0. The van der Waals surface area contributed by atoms with Crippen molar-refractivity contribution >= 4 is 0 Å². The lowest BCUT2D eigenvalue weighted by atomic mass is 9.55. The largest absolute Gasteiger partial charge is 0.412 e. The van der Waals surface area contributed by atoms with Crippen molar-refractivity contribution in [3.8, 4) is 0 Å². The van der Waals surface area contributed by atoms with E-state index in [1.807, 2.05) is 0 Å². The van der Waals surface area contributed by atoms with E-state index in [1.165, 1.54) is 12.8 Å². The molecule has 0 bridgehead atoms. The van der Waals surface area contributed by atoms with Crippen molar-refractivity contribution in [3.63, 3.8) is 0 Å². The van der Waals surface area contributed by atoms with Gasteiger partial charge < -0.3 is 5.48 Å². The van der Waals surface area contributed by atoms with Gasteiger partial charge in [0.05, 0.1) is 0 Å². The van der Waals surface area contributed by atoms with Crippen molar-refractivity contribution in [1.82, 2.24) is 0 Å². The maximum atomic E-state index is 2.48. The van der Waals surface area contributed by atoms with Gasteiger partial charge in [-0.05, 0) is 74.0 Å². The van der Waals surface area contributed by atoms with Crippen molar-refractivity contribution < 1.29 is 5.48 Å². The van der Waals surface area contributed by atoms with Gasteiger partial charge in [-0.25, -0.2) is 0 Å². The summed E-state index contributed by atoms with van der Waals surface area (Å²) in [5.41, 5.74) is 0. The standard InChI is InChI=1S/C16H28.H2O/c1-11-3-7-15-13(9-11)5-6-14-10-12(2)4-8-16(14)15;/h11-16H,3-10H2,1-2H3;1H2. The molecule has 0 radical (unpaired) electrons. The molecule has 1 nitrogen and oxygen atoms in total. The average Bonchev–Trinajstić information content (AvgIpc) is 2.28. The van der Waals surface area contributed by atoms with Crippen molar-refractivity contribution in [2.24, 2.45) is 35.5 Å². The first-order valence-corrected chi connectivity index (χ1v) is 7.74. The molecule has 1 heteroatoms. The lowest BCUT2D eigenvalue weighted by Crippen LogP contribution is -2.40. The summed E-state index contributed by atoms with van der Waals surface area (Å²) in [6, 6.07) is 0. The van der Waals surface area contributed by atoms with E-state index in [4.69, 9.17) is 0 Å². The van der Waals surface area contributed by atoms with Crippen LogP contribution in [0.3, 0.4) is 0 Å². The Labute approximate surface area is 107 Å². The van der Waals surface area contributed by atoms with Crippen LogP contribution in [0.5, 0.6) is 0 Å². The molecule has 100 valence electrons. The molecule has 0 amide bonds. The van der Waals surface area contributed by atoms with E-state index < -0.39 is 0 Å². The molecule has 6 unspecified atom stereocenters. The van der Waals surface area contributed by atoms with E-state index in [-0.39, 0.29) is 5.48 Å². The molecule has 3 fully saturated rings. The van der Waals surface area contributed by atoms with Crippen LogP contribution in [-0.4, -0.2) is 5.48 Å². The lowest BCUT2D eigenvalue weighted by Gasteiger charge is -2.50. The summed E-state index contributed by atoms with van der Waals surface area (Å²) in [6.45, 7) is 4.95. The predicted octanol–water partition coefficient (Wildman–Crippen LogP) is 4.06. The van der Waals surface area contributed by atoms with Crippen LogP contribution < -0.4 is 0 Å². The molecular formula is C16H30O. The van der Waals surface area contributed by atoms with Crippen molar-refractivity contribution in [3.05, 3.63) is 0 Å². The fraction of sp³-hybridized carbons (Fsp3) is 1.00. The van der Waals surface area contributed by atoms with Gasteiger partial charge in [-0.15, -0.1) is 0 Å². The highest BCUT2D eigenvalue weighted by Gasteiger charge is 2.43. The molecule has 0 aromatic rings. The van der Waals surface area contributed by atoms with Gasteiger partial charge in [-0.1, -0.05) is 26.7 Å². The second-order valence-electron chi connectivity index (χ2n) is 7.26. The van der Waals surface area contributed by atoms with Gasteiger partial charge in [0.25, 0.3) is 0 Å². The zero-order valence-electron chi connectivity index (χ0n) is 11.6. The molecule has 0 aromatic carbocycles. The van der Waals surface area contributed by atoms with E-state index in [1.54, 1.807) is 38.5 Å². The first kappa shape index (κ1) is 13.4. The third-order valence-corrected chi connectivity index (χ3v) is 6.07. The van der Waals surface area contributed by atoms with Crippen LogP contribution in [-0.2, 0) is 0 Å². The highest BCUT2D eigenvalue weighted by atomic mass is 16.0. The first-order chi connectivity index (χ1) is 7.74. The highest BCUT2D eigenvalue weighted by molar-refractivity contribution is 4.93. The maximum absolute atomic E-state index is 2.48. The third-order valence-electron chi connectivity index (χ3n) is 6.07.